The molecule has 11 rings (SSSR count). The van der Waals surface area contributed by atoms with Gasteiger partial charge in [-0.25, -0.2) is 18.1 Å². The Bertz CT molecular complexity index is 3720. The van der Waals surface area contributed by atoms with Gasteiger partial charge >= 0.3 is 0 Å². The number of amides is 4. The molecule has 458 valence electrons. The number of allylic oxidation sites excluding steroid dienone is 1. The number of piperazine rings is 1. The number of aromatic nitrogens is 2. The second-order valence-electron chi connectivity index (χ2n) is 24.7. The van der Waals surface area contributed by atoms with Crippen LogP contribution < -0.4 is 25.0 Å². The molecule has 4 aromatic carbocycles. The minimum Gasteiger partial charge on any atom is -0.455 e. The first kappa shape index (κ1) is 61.0. The van der Waals surface area contributed by atoms with Crippen LogP contribution in [0.3, 0.4) is 0 Å². The minimum absolute atomic E-state index is 0.0500. The van der Waals surface area contributed by atoms with Crippen LogP contribution in [-0.2, 0) is 32.6 Å². The maximum Gasteiger partial charge on any atom is 0.293 e. The molecular formula is C65H76ClN11O9S. The fourth-order valence-electron chi connectivity index (χ4n) is 12.9. The highest BCUT2D eigenvalue weighted by Gasteiger charge is 2.40. The molecule has 22 heteroatoms. The molecule has 5 aliphatic rings. The molecule has 6 heterocycles. The van der Waals surface area contributed by atoms with Gasteiger partial charge in [0.2, 0.25) is 11.8 Å². The molecule has 3 fully saturated rings. The van der Waals surface area contributed by atoms with Crippen LogP contribution in [0.25, 0.3) is 16.6 Å². The summed E-state index contributed by atoms with van der Waals surface area (Å²) in [5.41, 5.74) is 8.19. The standard InChI is InChI=1S/C65H76ClN11O9S/c1-65(2)24-20-47(54(38-65)45-10-12-48(66)13-11-45)41-74-31-33-75(34-32-74)49-14-16-53(59(36-49)86-50-35-46-21-25-67-61(46)69-40-50)62(79)71-87(84,85)51-15-17-56(58(37-51)77(82)83)68-39-43-22-27-73(28-23-43)30-29-72(3)26-5-4-7-44-8-6-9-52-55(44)42-76(64(52)81)57-18-19-60(78)70-63(57)80/h6,8-17,21,25,35-37,40,43,57,68H,4-5,7,18-20,22-24,26-34,38-39,41-42H2,1-3H3,(H,67,69)(H,71,79)(H,70,78,80). The monoisotopic (exact) mass is 1220 g/mol. The van der Waals surface area contributed by atoms with Gasteiger partial charge in [-0.3, -0.25) is 39.5 Å². The first-order valence-corrected chi connectivity index (χ1v) is 32.1. The van der Waals surface area contributed by atoms with Crippen molar-refractivity contribution in [3.8, 4) is 11.5 Å². The number of aryl methyl sites for hydroxylation is 1. The Labute approximate surface area is 512 Å². The van der Waals surface area contributed by atoms with Crippen LogP contribution in [0.4, 0.5) is 17.1 Å². The molecule has 0 radical (unpaired) electrons. The number of aromatic amines is 1. The lowest BCUT2D eigenvalue weighted by atomic mass is 9.72. The summed E-state index contributed by atoms with van der Waals surface area (Å²) >= 11 is 6.28. The second-order valence-corrected chi connectivity index (χ2v) is 26.8. The third-order valence-electron chi connectivity index (χ3n) is 18.0. The number of hydrogen-bond donors (Lipinski definition) is 4. The number of nitro benzene ring substituents is 1. The van der Waals surface area contributed by atoms with E-state index < -0.39 is 43.4 Å². The van der Waals surface area contributed by atoms with Crippen molar-refractivity contribution in [3.05, 3.63) is 152 Å². The number of carbonyl (C=O) groups excluding carboxylic acids is 4. The highest BCUT2D eigenvalue weighted by molar-refractivity contribution is 7.90. The Hall–Kier alpha value is -7.69. The number of sulfonamides is 1. The third kappa shape index (κ3) is 14.5. The van der Waals surface area contributed by atoms with Gasteiger partial charge < -0.3 is 34.6 Å². The van der Waals surface area contributed by atoms with Crippen LogP contribution in [0, 0.1) is 21.4 Å². The predicted octanol–water partition coefficient (Wildman–Crippen LogP) is 9.66. The first-order chi connectivity index (χ1) is 41.8. The average Bonchev–Trinajstić information content (AvgIpc) is 2.17. The number of anilines is 2. The van der Waals surface area contributed by atoms with Gasteiger partial charge in [-0.05, 0) is 173 Å². The van der Waals surface area contributed by atoms with Crippen molar-refractivity contribution in [2.24, 2.45) is 11.3 Å². The van der Waals surface area contributed by atoms with E-state index in [1.807, 2.05) is 30.3 Å². The van der Waals surface area contributed by atoms with Gasteiger partial charge in [0, 0.05) is 105 Å². The van der Waals surface area contributed by atoms with Gasteiger partial charge in [-0.15, -0.1) is 0 Å². The second kappa shape index (κ2) is 26.3. The van der Waals surface area contributed by atoms with Crippen molar-refractivity contribution in [1.82, 2.24) is 39.6 Å². The van der Waals surface area contributed by atoms with E-state index in [-0.39, 0.29) is 46.6 Å². The van der Waals surface area contributed by atoms with Crippen molar-refractivity contribution >= 4 is 78.9 Å². The summed E-state index contributed by atoms with van der Waals surface area (Å²) in [6, 6.07) is 25.6. The van der Waals surface area contributed by atoms with Crippen LogP contribution in [0.5, 0.6) is 11.5 Å². The van der Waals surface area contributed by atoms with E-state index in [0.29, 0.717) is 49.6 Å². The number of hydrogen-bond acceptors (Lipinski definition) is 15. The van der Waals surface area contributed by atoms with E-state index in [1.54, 1.807) is 35.4 Å². The maximum atomic E-state index is 14.2. The number of carbonyl (C=O) groups is 4. The van der Waals surface area contributed by atoms with Crippen LogP contribution in [0.15, 0.2) is 114 Å². The van der Waals surface area contributed by atoms with Crippen molar-refractivity contribution in [1.29, 1.82) is 0 Å². The number of ether oxygens (including phenoxy) is 1. The van der Waals surface area contributed by atoms with E-state index in [0.717, 1.165) is 137 Å². The Kier molecular flexibility index (Phi) is 18.5. The molecule has 4 amide bonds. The average molecular weight is 1220 g/mol. The predicted molar refractivity (Wildman–Crippen MR) is 336 cm³/mol. The summed E-state index contributed by atoms with van der Waals surface area (Å²) in [6.07, 6.45) is 11.5. The lowest BCUT2D eigenvalue weighted by molar-refractivity contribution is -0.384. The number of rotatable bonds is 22. The van der Waals surface area contributed by atoms with Crippen LogP contribution in [-0.4, -0.2) is 152 Å². The minimum atomic E-state index is -4.62. The van der Waals surface area contributed by atoms with Gasteiger partial charge in [0.05, 0.1) is 21.6 Å². The molecule has 0 bridgehead atoms. The zero-order chi connectivity index (χ0) is 61.0. The summed E-state index contributed by atoms with van der Waals surface area (Å²) in [5, 5.41) is 19.6. The number of likely N-dealkylation sites (N-methyl/N-ethyl adjacent to an activating group) is 1. The number of nitro groups is 1. The zero-order valence-corrected chi connectivity index (χ0v) is 51.2. The van der Waals surface area contributed by atoms with Gasteiger partial charge in [0.15, 0.2) is 0 Å². The molecule has 87 heavy (non-hydrogen) atoms. The van der Waals surface area contributed by atoms with Crippen molar-refractivity contribution in [2.45, 2.75) is 95.5 Å². The largest absolute Gasteiger partial charge is 0.455 e. The number of nitrogens with one attached hydrogen (secondary N) is 4. The SMILES string of the molecule is CN(CCCCc1cccc2c1CN(C1CCC(=O)NC1=O)C2=O)CCN1CCC(CNc2ccc(S(=O)(=O)NC(=O)c3ccc(N4CCN(CC5=C(c6ccc(Cl)cc6)CC(C)(C)CC5)CC4)cc3Oc3cnc4[nH]ccc4c3)cc2[N+](=O)[O-])CC1. The van der Waals surface area contributed by atoms with Gasteiger partial charge in [-0.2, -0.15) is 0 Å². The molecule has 4 N–H and O–H groups in total. The highest BCUT2D eigenvalue weighted by Crippen LogP contribution is 2.44. The van der Waals surface area contributed by atoms with Crippen molar-refractivity contribution in [3.63, 3.8) is 0 Å². The topological polar surface area (TPSA) is 236 Å². The fraction of sp³-hybridized carbons (Fsp3) is 0.431. The number of fused-ring (bicyclic) bond motifs is 2. The summed E-state index contributed by atoms with van der Waals surface area (Å²) in [7, 11) is -2.50. The number of halogens is 1. The van der Waals surface area contributed by atoms with E-state index in [2.05, 4.69) is 84.0 Å². The lowest BCUT2D eigenvalue weighted by Crippen LogP contribution is -2.52. The number of benzene rings is 4. The lowest BCUT2D eigenvalue weighted by Gasteiger charge is -2.39. The fourth-order valence-corrected chi connectivity index (χ4v) is 14.0. The van der Waals surface area contributed by atoms with Crippen molar-refractivity contribution in [2.75, 3.05) is 89.3 Å². The number of H-pyrrole nitrogens is 1. The molecule has 4 aliphatic heterocycles. The van der Waals surface area contributed by atoms with Gasteiger partial charge in [-0.1, -0.05) is 55.3 Å². The van der Waals surface area contributed by atoms with Gasteiger partial charge in [0.25, 0.3) is 27.5 Å². The Morgan fingerprint density at radius 1 is 0.908 bits per heavy atom. The number of imide groups is 1. The Balaban J connectivity index is 0.663. The van der Waals surface area contributed by atoms with Crippen LogP contribution in [0.2, 0.25) is 5.02 Å². The number of pyridine rings is 1. The summed E-state index contributed by atoms with van der Waals surface area (Å²) in [6.45, 7) is 13.9. The number of piperidine rings is 2. The molecule has 6 aromatic rings. The molecule has 20 nitrogen and oxygen atoms in total. The summed E-state index contributed by atoms with van der Waals surface area (Å²) in [4.78, 5) is 81.7. The molecule has 2 aromatic heterocycles. The quantitative estimate of drug-likeness (QED) is 0.0214. The Morgan fingerprint density at radius 2 is 1.70 bits per heavy atom. The van der Waals surface area contributed by atoms with E-state index in [1.165, 1.54) is 35.0 Å². The van der Waals surface area contributed by atoms with E-state index in [9.17, 15) is 37.7 Å². The molecule has 3 saturated heterocycles. The number of unbranched alkanes of at least 4 members (excludes halogenated alkanes) is 1. The molecule has 1 unspecified atom stereocenters. The molecule has 0 spiro atoms. The molecular weight excluding hydrogens is 1150 g/mol. The molecule has 0 saturated carbocycles. The van der Waals surface area contributed by atoms with E-state index >= 15 is 0 Å². The zero-order valence-electron chi connectivity index (χ0n) is 49.6. The third-order valence-corrected chi connectivity index (χ3v) is 19.6. The first-order valence-electron chi connectivity index (χ1n) is 30.3. The maximum absolute atomic E-state index is 14.2. The van der Waals surface area contributed by atoms with Crippen LogP contribution in [0.1, 0.15) is 109 Å². The number of nitrogens with zero attached hydrogens (tertiary/aromatic N) is 7. The Morgan fingerprint density at radius 3 is 2.47 bits per heavy atom. The van der Waals surface area contributed by atoms with Gasteiger partial charge in [0.1, 0.15) is 28.9 Å². The molecule has 1 atom stereocenters. The highest BCUT2D eigenvalue weighted by atomic mass is 35.5. The number of likely N-dealkylation sites (tertiary alicyclic amines) is 1. The summed E-state index contributed by atoms with van der Waals surface area (Å²) < 4.78 is 36.5. The van der Waals surface area contributed by atoms with Crippen molar-refractivity contribution < 1.29 is 37.3 Å². The smallest absolute Gasteiger partial charge is 0.293 e. The molecule has 1 aliphatic carbocycles. The van der Waals surface area contributed by atoms with E-state index in [4.69, 9.17) is 16.3 Å². The summed E-state index contributed by atoms with van der Waals surface area (Å²) in [5.74, 6) is -1.13. The normalized spacial score (nSPS) is 18.8. The van der Waals surface area contributed by atoms with Crippen LogP contribution >= 0.6 is 11.6 Å².